The molecule has 30 heavy (non-hydrogen) atoms. The van der Waals surface area contributed by atoms with Crippen LogP contribution in [0.1, 0.15) is 96.3 Å². The molecular formula is C25H49NO4. The van der Waals surface area contributed by atoms with Crippen molar-refractivity contribution in [2.45, 2.75) is 102 Å². The van der Waals surface area contributed by atoms with E-state index < -0.39 is 5.97 Å². The molecule has 0 amide bonds. The van der Waals surface area contributed by atoms with E-state index in [0.717, 1.165) is 19.3 Å². The first-order valence-electron chi connectivity index (χ1n) is 12.2. The van der Waals surface area contributed by atoms with Crippen LogP contribution in [0.15, 0.2) is 12.2 Å². The van der Waals surface area contributed by atoms with Crippen LogP contribution in [0.5, 0.6) is 0 Å². The van der Waals surface area contributed by atoms with E-state index in [0.29, 0.717) is 24.2 Å². The molecule has 5 nitrogen and oxygen atoms in total. The van der Waals surface area contributed by atoms with Crippen molar-refractivity contribution < 1.29 is 24.2 Å². The first-order chi connectivity index (χ1) is 14.3. The van der Waals surface area contributed by atoms with Crippen molar-refractivity contribution in [1.29, 1.82) is 0 Å². The van der Waals surface area contributed by atoms with Gasteiger partial charge in [-0.05, 0) is 38.5 Å². The van der Waals surface area contributed by atoms with Crippen molar-refractivity contribution in [2.75, 3.05) is 40.9 Å². The maximum atomic E-state index is 10.9. The summed E-state index contributed by atoms with van der Waals surface area (Å²) in [5.41, 5.74) is 0. The fraction of sp³-hybridized carbons (Fsp3) is 0.880. The molecule has 0 saturated carbocycles. The van der Waals surface area contributed by atoms with Gasteiger partial charge < -0.3 is 24.2 Å². The summed E-state index contributed by atoms with van der Waals surface area (Å²) >= 11 is 0. The van der Waals surface area contributed by atoms with E-state index >= 15 is 0 Å². The predicted molar refractivity (Wildman–Crippen MR) is 123 cm³/mol. The van der Waals surface area contributed by atoms with E-state index in [1.807, 2.05) is 21.1 Å². The van der Waals surface area contributed by atoms with Gasteiger partial charge in [0, 0.05) is 25.6 Å². The summed E-state index contributed by atoms with van der Waals surface area (Å²) in [6.45, 7) is 1.66. The van der Waals surface area contributed by atoms with Gasteiger partial charge in [0.05, 0.1) is 21.1 Å². The maximum Gasteiger partial charge on any atom is 0.112 e. The van der Waals surface area contributed by atoms with Gasteiger partial charge >= 0.3 is 0 Å². The number of aliphatic hydroxyl groups is 1. The number of unbranched alkanes of at least 4 members (excludes halogenated alkanes) is 12. The molecule has 0 rings (SSSR count). The van der Waals surface area contributed by atoms with E-state index in [9.17, 15) is 9.90 Å². The zero-order valence-electron chi connectivity index (χ0n) is 20.1. The highest BCUT2D eigenvalue weighted by Crippen LogP contribution is 2.11. The van der Waals surface area contributed by atoms with Gasteiger partial charge in [0.1, 0.15) is 12.6 Å². The van der Waals surface area contributed by atoms with E-state index in [1.54, 1.807) is 0 Å². The smallest absolute Gasteiger partial charge is 0.112 e. The van der Waals surface area contributed by atoms with Gasteiger partial charge in [-0.2, -0.15) is 0 Å². The number of hydrogen-bond donors (Lipinski definition) is 1. The molecule has 0 radical (unpaired) electrons. The fourth-order valence-electron chi connectivity index (χ4n) is 3.61. The Balaban J connectivity index is 3.45. The predicted octanol–water partition coefficient (Wildman–Crippen LogP) is 4.23. The number of ether oxygens (including phenoxy) is 1. The Morgan fingerprint density at radius 2 is 1.30 bits per heavy atom. The van der Waals surface area contributed by atoms with Gasteiger partial charge in [-0.15, -0.1) is 0 Å². The Hall–Kier alpha value is -0.910. The van der Waals surface area contributed by atoms with Crippen LogP contribution in [0.2, 0.25) is 0 Å². The van der Waals surface area contributed by atoms with Crippen LogP contribution in [0.3, 0.4) is 0 Å². The number of carbonyl (C=O) groups is 1. The van der Waals surface area contributed by atoms with Crippen LogP contribution in [0.4, 0.5) is 0 Å². The lowest BCUT2D eigenvalue weighted by Crippen LogP contribution is -2.44. The molecule has 1 N–H and O–H groups in total. The second kappa shape index (κ2) is 20.0. The van der Waals surface area contributed by atoms with Crippen LogP contribution in [0.25, 0.3) is 0 Å². The van der Waals surface area contributed by atoms with Gasteiger partial charge in [-0.25, -0.2) is 0 Å². The molecular weight excluding hydrogens is 378 g/mol. The lowest BCUT2D eigenvalue weighted by Gasteiger charge is -2.29. The van der Waals surface area contributed by atoms with E-state index in [-0.39, 0.29) is 12.5 Å². The van der Waals surface area contributed by atoms with E-state index in [1.165, 1.54) is 70.6 Å². The molecule has 1 atom stereocenters. The van der Waals surface area contributed by atoms with Gasteiger partial charge in [0.2, 0.25) is 0 Å². The molecule has 0 fully saturated rings. The van der Waals surface area contributed by atoms with Gasteiger partial charge in [0.25, 0.3) is 0 Å². The number of likely N-dealkylation sites (N-methyl/N-ethyl adjacent to an activating group) is 1. The number of carbonyl (C=O) groups excluding carboxylic acids is 1. The highest BCUT2D eigenvalue weighted by Gasteiger charge is 2.18. The number of rotatable bonds is 22. The van der Waals surface area contributed by atoms with Crippen LogP contribution in [-0.2, 0) is 9.53 Å². The van der Waals surface area contributed by atoms with Crippen LogP contribution < -0.4 is 5.11 Å². The Bertz CT molecular complexity index is 418. The third kappa shape index (κ3) is 23.4. The topological polar surface area (TPSA) is 69.6 Å². The summed E-state index contributed by atoms with van der Waals surface area (Å²) in [5, 5.41) is 19.6. The first-order valence-corrected chi connectivity index (χ1v) is 12.2. The minimum Gasteiger partial charge on any atom is -0.550 e. The van der Waals surface area contributed by atoms with Gasteiger partial charge in [-0.3, -0.25) is 0 Å². The second-order valence-electron chi connectivity index (χ2n) is 9.56. The van der Waals surface area contributed by atoms with Crippen molar-refractivity contribution in [3.05, 3.63) is 12.2 Å². The Labute approximate surface area is 186 Å². The fourth-order valence-corrected chi connectivity index (χ4v) is 3.61. The highest BCUT2D eigenvalue weighted by molar-refractivity contribution is 5.64. The molecule has 0 aromatic heterocycles. The third-order valence-corrected chi connectivity index (χ3v) is 5.21. The SMILES string of the molecule is C[N+](C)(C)CC(CC(=O)[O-])OCCCCCCCC/C=C\CCCCCCCCO. The van der Waals surface area contributed by atoms with Crippen LogP contribution in [-0.4, -0.2) is 62.6 Å². The number of quaternary nitrogens is 1. The summed E-state index contributed by atoms with van der Waals surface area (Å²) in [6.07, 6.45) is 21.3. The average molecular weight is 428 g/mol. The summed E-state index contributed by atoms with van der Waals surface area (Å²) in [7, 11) is 6.14. The Morgan fingerprint density at radius 1 is 0.833 bits per heavy atom. The molecule has 0 aliphatic rings. The number of allylic oxidation sites excluding steroid dienone is 2. The summed E-state index contributed by atoms with van der Waals surface area (Å²) in [6, 6.07) is 0. The molecule has 0 aliphatic carbocycles. The van der Waals surface area contributed by atoms with Gasteiger partial charge in [0.15, 0.2) is 0 Å². The number of nitrogens with zero attached hydrogens (tertiary/aromatic N) is 1. The van der Waals surface area contributed by atoms with E-state index in [2.05, 4.69) is 12.2 Å². The summed E-state index contributed by atoms with van der Waals surface area (Å²) < 4.78 is 6.49. The summed E-state index contributed by atoms with van der Waals surface area (Å²) in [5.74, 6) is -1.03. The maximum absolute atomic E-state index is 10.9. The lowest BCUT2D eigenvalue weighted by atomic mass is 10.1. The minimum absolute atomic E-state index is 0.0202. The van der Waals surface area contributed by atoms with E-state index in [4.69, 9.17) is 9.84 Å². The molecule has 0 aromatic carbocycles. The van der Waals surface area contributed by atoms with Crippen molar-refractivity contribution in [2.24, 2.45) is 0 Å². The quantitative estimate of drug-likeness (QED) is 0.159. The number of hydrogen-bond acceptors (Lipinski definition) is 4. The highest BCUT2D eigenvalue weighted by atomic mass is 16.5. The van der Waals surface area contributed by atoms with Crippen molar-refractivity contribution in [3.63, 3.8) is 0 Å². The standard InChI is InChI=1S/C25H49NO4/c1-26(2,3)23-24(22-25(28)29)30-21-19-17-15-13-11-9-7-5-4-6-8-10-12-14-16-18-20-27/h4-5,24,27H,6-23H2,1-3H3/b5-4-. The molecule has 0 heterocycles. The minimum atomic E-state index is -1.03. The molecule has 0 aliphatic heterocycles. The van der Waals surface area contributed by atoms with Crippen LogP contribution in [0, 0.1) is 0 Å². The molecule has 178 valence electrons. The Morgan fingerprint density at radius 3 is 1.77 bits per heavy atom. The molecule has 0 aromatic rings. The monoisotopic (exact) mass is 427 g/mol. The lowest BCUT2D eigenvalue weighted by molar-refractivity contribution is -0.873. The third-order valence-electron chi connectivity index (χ3n) is 5.21. The van der Waals surface area contributed by atoms with Crippen LogP contribution >= 0.6 is 0 Å². The zero-order chi connectivity index (χ0) is 22.5. The molecule has 5 heteroatoms. The van der Waals surface area contributed by atoms with Crippen molar-refractivity contribution in [1.82, 2.24) is 0 Å². The summed E-state index contributed by atoms with van der Waals surface area (Å²) in [4.78, 5) is 10.9. The largest absolute Gasteiger partial charge is 0.550 e. The second-order valence-corrected chi connectivity index (χ2v) is 9.56. The van der Waals surface area contributed by atoms with Gasteiger partial charge in [-0.1, -0.05) is 63.5 Å². The molecule has 0 spiro atoms. The van der Waals surface area contributed by atoms with Crippen molar-refractivity contribution >= 4 is 5.97 Å². The number of carboxylic acids is 1. The molecule has 0 bridgehead atoms. The molecule has 1 unspecified atom stereocenters. The Kier molecular flexibility index (Phi) is 19.4. The zero-order valence-corrected chi connectivity index (χ0v) is 20.1. The normalized spacial score (nSPS) is 13.2. The first kappa shape index (κ1) is 29.1. The molecule has 0 saturated heterocycles. The average Bonchev–Trinajstić information content (AvgIpc) is 2.65. The number of aliphatic carboxylic acids is 1. The van der Waals surface area contributed by atoms with Crippen molar-refractivity contribution in [3.8, 4) is 0 Å². The number of carboxylic acid groups (broad SMARTS) is 1. The number of aliphatic hydroxyl groups excluding tert-OH is 1.